The summed E-state index contributed by atoms with van der Waals surface area (Å²) in [6.07, 6.45) is 2.22. The summed E-state index contributed by atoms with van der Waals surface area (Å²) in [5, 5.41) is 16.1. The average molecular weight is 793 g/mol. The average Bonchev–Trinajstić information content (AvgIpc) is 3.69. The van der Waals surface area contributed by atoms with E-state index in [4.69, 9.17) is 4.98 Å². The molecule has 0 atom stereocenters. The number of benzene rings is 8. The van der Waals surface area contributed by atoms with Gasteiger partial charge in [0.15, 0.2) is 0 Å². The first-order valence-corrected chi connectivity index (χ1v) is 21.0. The van der Waals surface area contributed by atoms with E-state index in [0.29, 0.717) is 5.71 Å². The number of allylic oxidation sites excluding steroid dienone is 1. The normalized spacial score (nSPS) is 13.0. The third-order valence-electron chi connectivity index (χ3n) is 11.8. The minimum atomic E-state index is 0.451. The molecule has 0 spiro atoms. The fourth-order valence-electron chi connectivity index (χ4n) is 8.79. The highest BCUT2D eigenvalue weighted by Crippen LogP contribution is 2.40. The molecule has 4 heteroatoms. The van der Waals surface area contributed by atoms with Crippen LogP contribution in [0.2, 0.25) is 0 Å². The second-order valence-electron chi connectivity index (χ2n) is 15.6. The van der Waals surface area contributed by atoms with E-state index in [9.17, 15) is 5.41 Å². The number of nitrogens with one attached hydrogen (secondary N) is 2. The van der Waals surface area contributed by atoms with Crippen molar-refractivity contribution in [2.75, 3.05) is 0 Å². The van der Waals surface area contributed by atoms with Crippen LogP contribution in [0.4, 0.5) is 0 Å². The van der Waals surface area contributed by atoms with Gasteiger partial charge in [0, 0.05) is 50.0 Å². The molecule has 62 heavy (non-hydrogen) atoms. The standard InChI is InChI=1S/C58H40N4/c59-57(43-23-11-4-12-24-43)56(42-21-9-3-10-22-42)58-50-35-44(29-30-45(50)36-53(61-58)40-19-7-2-8-20-40)46-37-51(39-17-5-1-6-18-39)60-52(38-46)41-31-33-47(34-32-41)62-54-27-15-13-25-48(54)49-26-14-16-28-55(49)62/h1-38,59,61H/b58-56-,59-57?. The zero-order valence-electron chi connectivity index (χ0n) is 33.8. The van der Waals surface area contributed by atoms with E-state index < -0.39 is 0 Å². The van der Waals surface area contributed by atoms with E-state index in [0.717, 1.165) is 84.1 Å². The van der Waals surface area contributed by atoms with Crippen LogP contribution in [0.5, 0.6) is 0 Å². The summed E-state index contributed by atoms with van der Waals surface area (Å²) in [5.74, 6) is 0. The molecule has 2 aromatic heterocycles. The first kappa shape index (κ1) is 36.7. The highest BCUT2D eigenvalue weighted by Gasteiger charge is 2.25. The maximum Gasteiger partial charge on any atom is 0.0715 e. The van der Waals surface area contributed by atoms with Gasteiger partial charge >= 0.3 is 0 Å². The molecule has 0 saturated heterocycles. The fraction of sp³-hybridized carbons (Fsp3) is 0. The number of pyridine rings is 1. The number of rotatable bonds is 8. The lowest BCUT2D eigenvalue weighted by Gasteiger charge is -2.27. The van der Waals surface area contributed by atoms with E-state index in [-0.39, 0.29) is 0 Å². The molecule has 11 rings (SSSR count). The van der Waals surface area contributed by atoms with Gasteiger partial charge in [-0.1, -0.05) is 182 Å². The van der Waals surface area contributed by atoms with Crippen LogP contribution in [0.25, 0.3) is 84.2 Å². The minimum Gasteiger partial charge on any atom is -0.354 e. The summed E-state index contributed by atoms with van der Waals surface area (Å²) in [7, 11) is 0. The van der Waals surface area contributed by atoms with Gasteiger partial charge < -0.3 is 9.88 Å². The predicted molar refractivity (Wildman–Crippen MR) is 259 cm³/mol. The van der Waals surface area contributed by atoms with Gasteiger partial charge in [0.05, 0.1) is 33.8 Å². The summed E-state index contributed by atoms with van der Waals surface area (Å²) < 4.78 is 2.35. The Morgan fingerprint density at radius 2 is 0.935 bits per heavy atom. The molecule has 1 aliphatic rings. The van der Waals surface area contributed by atoms with Gasteiger partial charge in [0.2, 0.25) is 0 Å². The van der Waals surface area contributed by atoms with Crippen molar-refractivity contribution in [3.8, 4) is 39.3 Å². The first-order chi connectivity index (χ1) is 30.7. The monoisotopic (exact) mass is 792 g/mol. The van der Waals surface area contributed by atoms with Gasteiger partial charge in [-0.15, -0.1) is 0 Å². The second-order valence-corrected chi connectivity index (χ2v) is 15.6. The van der Waals surface area contributed by atoms with Crippen LogP contribution in [-0.4, -0.2) is 15.3 Å². The fourth-order valence-corrected chi connectivity index (χ4v) is 8.79. The summed E-state index contributed by atoms with van der Waals surface area (Å²) in [5.41, 5.74) is 17.6. The van der Waals surface area contributed by atoms with Crippen LogP contribution in [0.15, 0.2) is 224 Å². The maximum atomic E-state index is 9.75. The lowest BCUT2D eigenvalue weighted by atomic mass is 9.86. The zero-order chi connectivity index (χ0) is 41.4. The van der Waals surface area contributed by atoms with E-state index >= 15 is 0 Å². The van der Waals surface area contributed by atoms with Crippen molar-refractivity contribution in [1.29, 1.82) is 5.41 Å². The lowest BCUT2D eigenvalue weighted by Crippen LogP contribution is -2.20. The molecule has 0 unspecified atom stereocenters. The Balaban J connectivity index is 1.08. The van der Waals surface area contributed by atoms with Gasteiger partial charge in [0.1, 0.15) is 0 Å². The molecule has 0 fully saturated rings. The first-order valence-electron chi connectivity index (χ1n) is 21.0. The number of fused-ring (bicyclic) bond motifs is 4. The number of hydrogen-bond donors (Lipinski definition) is 2. The Morgan fingerprint density at radius 3 is 1.55 bits per heavy atom. The molecule has 4 nitrogen and oxygen atoms in total. The van der Waals surface area contributed by atoms with Crippen molar-refractivity contribution in [3.05, 3.63) is 252 Å². The van der Waals surface area contributed by atoms with Gasteiger partial charge in [-0.2, -0.15) is 0 Å². The number of hydrogen-bond acceptors (Lipinski definition) is 3. The molecule has 0 bridgehead atoms. The smallest absolute Gasteiger partial charge is 0.0715 e. The van der Waals surface area contributed by atoms with Crippen LogP contribution in [-0.2, 0) is 0 Å². The van der Waals surface area contributed by atoms with Crippen LogP contribution < -0.4 is 5.32 Å². The molecule has 0 radical (unpaired) electrons. The van der Waals surface area contributed by atoms with E-state index in [1.807, 2.05) is 60.7 Å². The van der Waals surface area contributed by atoms with Gasteiger partial charge in [-0.05, 0) is 76.4 Å². The Bertz CT molecular complexity index is 3290. The molecular weight excluding hydrogens is 753 g/mol. The van der Waals surface area contributed by atoms with Crippen molar-refractivity contribution in [3.63, 3.8) is 0 Å². The Morgan fingerprint density at radius 1 is 0.435 bits per heavy atom. The Kier molecular flexibility index (Phi) is 9.29. The molecule has 10 aromatic rings. The number of para-hydroxylation sites is 2. The Labute approximate surface area is 361 Å². The summed E-state index contributed by atoms with van der Waals surface area (Å²) in [6, 6.07) is 78.3. The second kappa shape index (κ2) is 15.7. The molecule has 0 saturated carbocycles. The van der Waals surface area contributed by atoms with E-state index in [1.54, 1.807) is 0 Å². The molecule has 2 N–H and O–H groups in total. The molecule has 1 aliphatic heterocycles. The van der Waals surface area contributed by atoms with Gasteiger partial charge in [-0.25, -0.2) is 4.98 Å². The maximum absolute atomic E-state index is 9.75. The van der Waals surface area contributed by atoms with Gasteiger partial charge in [-0.3, -0.25) is 5.41 Å². The third kappa shape index (κ3) is 6.70. The minimum absolute atomic E-state index is 0.451. The molecule has 3 heterocycles. The Hall–Kier alpha value is -8.34. The highest BCUT2D eigenvalue weighted by molar-refractivity contribution is 6.36. The zero-order valence-corrected chi connectivity index (χ0v) is 33.8. The van der Waals surface area contributed by atoms with Crippen molar-refractivity contribution >= 4 is 50.6 Å². The largest absolute Gasteiger partial charge is 0.354 e. The van der Waals surface area contributed by atoms with Gasteiger partial charge in [0.25, 0.3) is 0 Å². The van der Waals surface area contributed by atoms with Crippen molar-refractivity contribution in [2.45, 2.75) is 0 Å². The molecule has 292 valence electrons. The van der Waals surface area contributed by atoms with Crippen molar-refractivity contribution in [1.82, 2.24) is 14.9 Å². The van der Waals surface area contributed by atoms with Crippen LogP contribution in [0.1, 0.15) is 27.8 Å². The molecule has 0 amide bonds. The van der Waals surface area contributed by atoms with Crippen LogP contribution in [0.3, 0.4) is 0 Å². The molecule has 8 aromatic carbocycles. The van der Waals surface area contributed by atoms with Crippen LogP contribution in [0, 0.1) is 5.41 Å². The van der Waals surface area contributed by atoms with Crippen molar-refractivity contribution < 1.29 is 0 Å². The van der Waals surface area contributed by atoms with E-state index in [2.05, 4.69) is 180 Å². The van der Waals surface area contributed by atoms with E-state index in [1.165, 1.54) is 21.8 Å². The number of aromatic nitrogens is 2. The molecule has 0 aliphatic carbocycles. The topological polar surface area (TPSA) is 53.7 Å². The number of nitrogens with zero attached hydrogens (tertiary/aromatic N) is 2. The molecular formula is C58H40N4. The highest BCUT2D eigenvalue weighted by atomic mass is 15.0. The SMILES string of the molecule is N=C(/C(=C1\NC(c2ccccc2)=Cc2ccc(-c3cc(-c4ccccc4)nc(-c4ccc(-n5c6ccccc6c6ccccc65)cc4)c3)cc21)c1ccccc1)c1ccccc1. The third-order valence-corrected chi connectivity index (χ3v) is 11.8. The van der Waals surface area contributed by atoms with Crippen LogP contribution >= 0.6 is 0 Å². The summed E-state index contributed by atoms with van der Waals surface area (Å²) in [6.45, 7) is 0. The lowest BCUT2D eigenvalue weighted by molar-refractivity contribution is 1.18. The predicted octanol–water partition coefficient (Wildman–Crippen LogP) is 14.2. The summed E-state index contributed by atoms with van der Waals surface area (Å²) >= 11 is 0. The summed E-state index contributed by atoms with van der Waals surface area (Å²) in [4.78, 5) is 5.30. The quantitative estimate of drug-likeness (QED) is 0.151. The van der Waals surface area contributed by atoms with Crippen molar-refractivity contribution in [2.24, 2.45) is 0 Å².